The van der Waals surface area contributed by atoms with Crippen LogP contribution >= 0.6 is 12.2 Å². The Labute approximate surface area is 172 Å². The van der Waals surface area contributed by atoms with Gasteiger partial charge in [0.2, 0.25) is 0 Å². The molecular weight excluding hydrogens is 379 g/mol. The summed E-state index contributed by atoms with van der Waals surface area (Å²) in [5.41, 5.74) is -0.271. The second-order valence-electron chi connectivity index (χ2n) is 8.06. The molecule has 0 N–H and O–H groups in total. The van der Waals surface area contributed by atoms with Gasteiger partial charge >= 0.3 is 11.7 Å². The number of aryl methyl sites for hydroxylation is 1. The molecule has 5 nitrogen and oxygen atoms in total. The lowest BCUT2D eigenvalue weighted by atomic mass is 9.88. The number of hydrogen-bond acceptors (Lipinski definition) is 4. The quantitative estimate of drug-likeness (QED) is 0.276. The van der Waals surface area contributed by atoms with Gasteiger partial charge in [-0.2, -0.15) is 0 Å². The largest absolute Gasteiger partial charge is 0.465 e. The van der Waals surface area contributed by atoms with Crippen molar-refractivity contribution in [3.8, 4) is 0 Å². The highest BCUT2D eigenvalue weighted by atomic mass is 32.1. The summed E-state index contributed by atoms with van der Waals surface area (Å²) in [6.45, 7) is 11.3. The van der Waals surface area contributed by atoms with Gasteiger partial charge in [-0.3, -0.25) is 13.9 Å². The van der Waals surface area contributed by atoms with Crippen LogP contribution in [0, 0.1) is 28.2 Å². The Morgan fingerprint density at radius 3 is 2.39 bits per heavy atom. The molecule has 1 heterocycles. The van der Waals surface area contributed by atoms with E-state index in [1.54, 1.807) is 6.92 Å². The van der Waals surface area contributed by atoms with E-state index in [0.717, 1.165) is 32.1 Å². The Kier molecular flexibility index (Phi) is 10.6. The third-order valence-electron chi connectivity index (χ3n) is 4.88. The molecule has 1 aromatic heterocycles. The van der Waals surface area contributed by atoms with Gasteiger partial charge in [0.05, 0.1) is 12.5 Å². The van der Waals surface area contributed by atoms with Gasteiger partial charge in [-0.1, -0.05) is 46.3 Å². The van der Waals surface area contributed by atoms with Gasteiger partial charge in [-0.25, -0.2) is 9.18 Å². The maximum atomic E-state index is 13.8. The van der Waals surface area contributed by atoms with Crippen molar-refractivity contribution < 1.29 is 13.9 Å². The summed E-state index contributed by atoms with van der Waals surface area (Å²) in [5, 5.41) is 0. The van der Waals surface area contributed by atoms with Crippen LogP contribution < -0.4 is 5.69 Å². The number of esters is 1. The van der Waals surface area contributed by atoms with Crippen molar-refractivity contribution in [2.24, 2.45) is 17.8 Å². The van der Waals surface area contributed by atoms with Crippen molar-refractivity contribution in [1.29, 1.82) is 0 Å². The third kappa shape index (κ3) is 7.49. The lowest BCUT2D eigenvalue weighted by Crippen LogP contribution is -2.31. The molecule has 160 valence electrons. The van der Waals surface area contributed by atoms with E-state index in [1.807, 2.05) is 0 Å². The summed E-state index contributed by atoms with van der Waals surface area (Å²) < 4.78 is 21.9. The highest BCUT2D eigenvalue weighted by Crippen LogP contribution is 2.21. The van der Waals surface area contributed by atoms with E-state index in [9.17, 15) is 14.0 Å². The summed E-state index contributed by atoms with van der Waals surface area (Å²) in [4.78, 5) is 24.5. The molecule has 1 rings (SSSR count). The van der Waals surface area contributed by atoms with Gasteiger partial charge in [-0.05, 0) is 44.4 Å². The summed E-state index contributed by atoms with van der Waals surface area (Å²) in [6, 6.07) is 0. The van der Waals surface area contributed by atoms with Crippen LogP contribution in [0.4, 0.5) is 4.39 Å². The van der Waals surface area contributed by atoms with Crippen LogP contribution in [0.1, 0.15) is 66.7 Å². The number of aromatic nitrogens is 2. The van der Waals surface area contributed by atoms with Gasteiger partial charge in [0.15, 0.2) is 5.82 Å². The number of carbonyl (C=O) groups is 1. The molecule has 0 aliphatic rings. The smallest absolute Gasteiger partial charge is 0.329 e. The molecule has 0 aromatic carbocycles. The Hall–Kier alpha value is -1.50. The predicted octanol–water partition coefficient (Wildman–Crippen LogP) is 4.96. The summed E-state index contributed by atoms with van der Waals surface area (Å²) in [6.07, 6.45) is 5.38. The minimum atomic E-state index is -0.538. The summed E-state index contributed by atoms with van der Waals surface area (Å²) in [7, 11) is 0. The minimum Gasteiger partial charge on any atom is -0.465 e. The van der Waals surface area contributed by atoms with Gasteiger partial charge in [0.1, 0.15) is 4.64 Å². The maximum absolute atomic E-state index is 13.8. The zero-order chi connectivity index (χ0) is 21.3. The Balaban J connectivity index is 2.36. The fourth-order valence-electron chi connectivity index (χ4n) is 3.22. The second-order valence-corrected chi connectivity index (χ2v) is 8.45. The van der Waals surface area contributed by atoms with Crippen molar-refractivity contribution >= 4 is 18.2 Å². The standard InChI is InChI=1S/C21H35FN2O3S/c1-6-24-19(28)18(22)14-23(21(24)26)11-9-7-8-10-12-27-20(25)17(16(4)5)13-15(2)3/h14-17H,6-13H2,1-5H3. The van der Waals surface area contributed by atoms with Gasteiger partial charge in [-0.15, -0.1) is 0 Å². The average Bonchev–Trinajstić information content (AvgIpc) is 2.62. The molecule has 0 saturated heterocycles. The molecule has 28 heavy (non-hydrogen) atoms. The normalized spacial score (nSPS) is 12.6. The summed E-state index contributed by atoms with van der Waals surface area (Å²) >= 11 is 4.93. The van der Waals surface area contributed by atoms with Crippen molar-refractivity contribution in [2.75, 3.05) is 6.61 Å². The van der Waals surface area contributed by atoms with Crippen molar-refractivity contribution in [2.45, 2.75) is 79.8 Å². The molecule has 0 aliphatic heterocycles. The van der Waals surface area contributed by atoms with Crippen LogP contribution in [-0.2, 0) is 22.6 Å². The number of nitrogens with zero attached hydrogens (tertiary/aromatic N) is 2. The molecular formula is C21H35FN2O3S. The molecule has 1 unspecified atom stereocenters. The molecule has 0 fully saturated rings. The monoisotopic (exact) mass is 414 g/mol. The van der Waals surface area contributed by atoms with Crippen molar-refractivity contribution in [3.63, 3.8) is 0 Å². The van der Waals surface area contributed by atoms with Crippen LogP contribution in [0.3, 0.4) is 0 Å². The van der Waals surface area contributed by atoms with Crippen LogP contribution in [0.15, 0.2) is 11.0 Å². The Morgan fingerprint density at radius 2 is 1.82 bits per heavy atom. The lowest BCUT2D eigenvalue weighted by molar-refractivity contribution is -0.151. The Bertz CT molecular complexity index is 740. The molecule has 0 bridgehead atoms. The topological polar surface area (TPSA) is 53.2 Å². The van der Waals surface area contributed by atoms with E-state index >= 15 is 0 Å². The first-order valence-corrected chi connectivity index (χ1v) is 10.8. The molecule has 0 aliphatic carbocycles. The average molecular weight is 415 g/mol. The number of ether oxygens (including phenoxy) is 1. The van der Waals surface area contributed by atoms with E-state index in [0.29, 0.717) is 25.6 Å². The first kappa shape index (κ1) is 24.5. The second kappa shape index (κ2) is 12.1. The highest BCUT2D eigenvalue weighted by Gasteiger charge is 2.24. The van der Waals surface area contributed by atoms with Crippen LogP contribution in [0.2, 0.25) is 0 Å². The van der Waals surface area contributed by atoms with Gasteiger partial charge in [0.25, 0.3) is 0 Å². The van der Waals surface area contributed by atoms with E-state index in [-0.39, 0.29) is 28.1 Å². The fourth-order valence-corrected chi connectivity index (χ4v) is 3.48. The zero-order valence-electron chi connectivity index (χ0n) is 17.9. The van der Waals surface area contributed by atoms with Crippen molar-refractivity contribution in [3.05, 3.63) is 27.1 Å². The molecule has 0 spiro atoms. The number of hydrogen-bond donors (Lipinski definition) is 0. The number of carbonyl (C=O) groups excluding carboxylic acids is 1. The lowest BCUT2D eigenvalue weighted by Gasteiger charge is -2.21. The van der Waals surface area contributed by atoms with E-state index in [4.69, 9.17) is 17.0 Å². The highest BCUT2D eigenvalue weighted by molar-refractivity contribution is 7.71. The SMILES string of the molecule is CCn1c(=S)c(F)cn(CCCCCCOC(=O)C(CC(C)C)C(C)C)c1=O. The minimum absolute atomic E-state index is 0.0391. The predicted molar refractivity (Wildman–Crippen MR) is 112 cm³/mol. The van der Waals surface area contributed by atoms with E-state index in [2.05, 4.69) is 27.7 Å². The fraction of sp³-hybridized carbons (Fsp3) is 0.762. The van der Waals surface area contributed by atoms with E-state index in [1.165, 1.54) is 15.3 Å². The van der Waals surface area contributed by atoms with Crippen molar-refractivity contribution in [1.82, 2.24) is 9.13 Å². The maximum Gasteiger partial charge on any atom is 0.329 e. The van der Waals surface area contributed by atoms with Gasteiger partial charge < -0.3 is 4.74 Å². The first-order valence-electron chi connectivity index (χ1n) is 10.3. The molecule has 0 radical (unpaired) electrons. The Morgan fingerprint density at radius 1 is 1.18 bits per heavy atom. The first-order chi connectivity index (χ1) is 13.2. The molecule has 0 amide bonds. The van der Waals surface area contributed by atoms with Gasteiger partial charge in [0, 0.05) is 19.3 Å². The molecule has 7 heteroatoms. The molecule has 0 saturated carbocycles. The van der Waals surface area contributed by atoms with Crippen LogP contribution in [0.5, 0.6) is 0 Å². The summed E-state index contributed by atoms with van der Waals surface area (Å²) in [5.74, 6) is 0.0676. The molecule has 1 atom stereocenters. The molecule has 1 aromatic rings. The third-order valence-corrected chi connectivity index (χ3v) is 5.30. The number of unbranched alkanes of at least 4 members (excludes halogenated alkanes) is 3. The number of halogens is 1. The van der Waals surface area contributed by atoms with Crippen LogP contribution in [-0.4, -0.2) is 21.7 Å². The van der Waals surface area contributed by atoms with Crippen LogP contribution in [0.25, 0.3) is 0 Å². The van der Waals surface area contributed by atoms with E-state index < -0.39 is 5.82 Å². The number of rotatable bonds is 12. The zero-order valence-corrected chi connectivity index (χ0v) is 18.7.